The van der Waals surface area contributed by atoms with Gasteiger partial charge in [-0.15, -0.1) is 0 Å². The summed E-state index contributed by atoms with van der Waals surface area (Å²) < 4.78 is 14.0. The van der Waals surface area contributed by atoms with Gasteiger partial charge in [0, 0.05) is 12.6 Å². The maximum atomic E-state index is 13.7. The standard InChI is InChI=1S/C17H21BrFNO/c1-16(2)7-11-8-17(3,9-16)10-20(11)15(21)12-5-4-6-13(19)14(12)18/h4-6,11H,7-10H2,1-3H3. The summed E-state index contributed by atoms with van der Waals surface area (Å²) in [6.07, 6.45) is 3.24. The van der Waals surface area contributed by atoms with E-state index in [4.69, 9.17) is 0 Å². The Kier molecular flexibility index (Phi) is 3.43. The van der Waals surface area contributed by atoms with Crippen LogP contribution in [0.2, 0.25) is 0 Å². The molecule has 2 aliphatic rings. The van der Waals surface area contributed by atoms with E-state index in [1.54, 1.807) is 12.1 Å². The molecule has 2 fully saturated rings. The summed E-state index contributed by atoms with van der Waals surface area (Å²) in [6.45, 7) is 7.62. The van der Waals surface area contributed by atoms with Crippen LogP contribution in [-0.4, -0.2) is 23.4 Å². The lowest BCUT2D eigenvalue weighted by Gasteiger charge is -2.39. The van der Waals surface area contributed by atoms with Crippen LogP contribution in [0, 0.1) is 16.6 Å². The van der Waals surface area contributed by atoms with Gasteiger partial charge in [0.1, 0.15) is 5.82 Å². The molecule has 1 heterocycles. The van der Waals surface area contributed by atoms with Crippen molar-refractivity contribution in [3.8, 4) is 0 Å². The quantitative estimate of drug-likeness (QED) is 0.720. The van der Waals surface area contributed by atoms with Crippen molar-refractivity contribution in [3.63, 3.8) is 0 Å². The number of halogens is 2. The first kappa shape index (κ1) is 15.0. The van der Waals surface area contributed by atoms with Gasteiger partial charge in [0.05, 0.1) is 10.0 Å². The van der Waals surface area contributed by atoms with Crippen molar-refractivity contribution < 1.29 is 9.18 Å². The molecule has 1 aliphatic heterocycles. The molecule has 0 N–H and O–H groups in total. The molecule has 1 aromatic carbocycles. The smallest absolute Gasteiger partial charge is 0.255 e. The molecule has 0 spiro atoms. The van der Waals surface area contributed by atoms with Gasteiger partial charge in [-0.05, 0) is 58.2 Å². The highest BCUT2D eigenvalue weighted by Gasteiger charge is 2.51. The highest BCUT2D eigenvalue weighted by Crippen LogP contribution is 2.52. The van der Waals surface area contributed by atoms with E-state index in [0.29, 0.717) is 5.56 Å². The fourth-order valence-corrected chi connectivity index (χ4v) is 4.95. The predicted molar refractivity (Wildman–Crippen MR) is 84.7 cm³/mol. The first-order chi connectivity index (χ1) is 9.71. The molecule has 2 unspecified atom stereocenters. The molecule has 0 aromatic heterocycles. The number of benzene rings is 1. The lowest BCUT2D eigenvalue weighted by atomic mass is 9.65. The molecule has 1 aromatic rings. The summed E-state index contributed by atoms with van der Waals surface area (Å²) in [5.41, 5.74) is 0.900. The average molecular weight is 354 g/mol. The number of nitrogens with zero attached hydrogens (tertiary/aromatic N) is 1. The molecule has 2 nitrogen and oxygen atoms in total. The first-order valence-electron chi connectivity index (χ1n) is 7.46. The van der Waals surface area contributed by atoms with Crippen LogP contribution in [0.15, 0.2) is 22.7 Å². The molecular weight excluding hydrogens is 333 g/mol. The van der Waals surface area contributed by atoms with Crippen molar-refractivity contribution >= 4 is 21.8 Å². The molecule has 3 rings (SSSR count). The van der Waals surface area contributed by atoms with E-state index in [2.05, 4.69) is 36.7 Å². The summed E-state index contributed by atoms with van der Waals surface area (Å²) in [7, 11) is 0. The van der Waals surface area contributed by atoms with Crippen molar-refractivity contribution in [1.82, 2.24) is 4.90 Å². The summed E-state index contributed by atoms with van der Waals surface area (Å²) in [6, 6.07) is 4.95. The van der Waals surface area contributed by atoms with Crippen LogP contribution in [0.5, 0.6) is 0 Å². The Morgan fingerprint density at radius 2 is 2.05 bits per heavy atom. The SMILES string of the molecule is CC1(C)CC2CC(C)(CN2C(=O)c2cccc(F)c2Br)C1. The van der Waals surface area contributed by atoms with E-state index in [0.717, 1.165) is 25.8 Å². The van der Waals surface area contributed by atoms with E-state index in [-0.39, 0.29) is 33.1 Å². The zero-order valence-electron chi connectivity index (χ0n) is 12.7. The van der Waals surface area contributed by atoms with Gasteiger partial charge in [-0.25, -0.2) is 4.39 Å². The topological polar surface area (TPSA) is 20.3 Å². The number of rotatable bonds is 1. The Balaban J connectivity index is 1.92. The minimum Gasteiger partial charge on any atom is -0.335 e. The van der Waals surface area contributed by atoms with E-state index >= 15 is 0 Å². The molecular formula is C17H21BrFNO. The highest BCUT2D eigenvalue weighted by atomic mass is 79.9. The van der Waals surface area contributed by atoms with Crippen LogP contribution < -0.4 is 0 Å². The molecule has 0 radical (unpaired) electrons. The Bertz CT molecular complexity index is 600. The molecule has 1 aliphatic carbocycles. The van der Waals surface area contributed by atoms with Crippen molar-refractivity contribution in [2.75, 3.05) is 6.54 Å². The Morgan fingerprint density at radius 1 is 1.33 bits per heavy atom. The van der Waals surface area contributed by atoms with Gasteiger partial charge in [0.25, 0.3) is 5.91 Å². The monoisotopic (exact) mass is 353 g/mol. The highest BCUT2D eigenvalue weighted by molar-refractivity contribution is 9.10. The second-order valence-corrected chi connectivity index (χ2v) is 8.54. The third-order valence-corrected chi connectivity index (χ3v) is 5.66. The second kappa shape index (κ2) is 4.80. The number of carbonyl (C=O) groups is 1. The molecule has 1 saturated heterocycles. The molecule has 2 atom stereocenters. The number of hydrogen-bond donors (Lipinski definition) is 0. The van der Waals surface area contributed by atoms with Crippen molar-refractivity contribution in [2.24, 2.45) is 10.8 Å². The minimum absolute atomic E-state index is 0.0483. The van der Waals surface area contributed by atoms with Gasteiger partial charge in [-0.3, -0.25) is 4.79 Å². The summed E-state index contributed by atoms with van der Waals surface area (Å²) in [5, 5.41) is 0. The van der Waals surface area contributed by atoms with Gasteiger partial charge in [-0.2, -0.15) is 0 Å². The minimum atomic E-state index is -0.380. The molecule has 114 valence electrons. The largest absolute Gasteiger partial charge is 0.335 e. The number of hydrogen-bond acceptors (Lipinski definition) is 1. The van der Waals surface area contributed by atoms with Crippen molar-refractivity contribution in [1.29, 1.82) is 0 Å². The number of likely N-dealkylation sites (tertiary alicyclic amines) is 1. The molecule has 4 heteroatoms. The lowest BCUT2D eigenvalue weighted by Crippen LogP contribution is -2.37. The van der Waals surface area contributed by atoms with Gasteiger partial charge in [-0.1, -0.05) is 26.8 Å². The Labute approximate surface area is 133 Å². The molecule has 1 saturated carbocycles. The number of carbonyl (C=O) groups excluding carboxylic acids is 1. The maximum absolute atomic E-state index is 13.7. The lowest BCUT2D eigenvalue weighted by molar-refractivity contribution is 0.0706. The first-order valence-corrected chi connectivity index (χ1v) is 8.25. The summed E-state index contributed by atoms with van der Waals surface area (Å²) in [5.74, 6) is -0.428. The van der Waals surface area contributed by atoms with Gasteiger partial charge >= 0.3 is 0 Å². The number of amides is 1. The van der Waals surface area contributed by atoms with Gasteiger partial charge in [0.2, 0.25) is 0 Å². The Hall–Kier alpha value is -0.900. The van der Waals surface area contributed by atoms with Crippen LogP contribution >= 0.6 is 15.9 Å². The molecule has 21 heavy (non-hydrogen) atoms. The summed E-state index contributed by atoms with van der Waals surface area (Å²) >= 11 is 3.21. The normalized spacial score (nSPS) is 30.5. The van der Waals surface area contributed by atoms with E-state index < -0.39 is 0 Å². The van der Waals surface area contributed by atoms with Crippen LogP contribution in [0.1, 0.15) is 50.4 Å². The van der Waals surface area contributed by atoms with Crippen LogP contribution in [-0.2, 0) is 0 Å². The molecule has 2 bridgehead atoms. The van der Waals surface area contributed by atoms with Gasteiger partial charge in [0.15, 0.2) is 0 Å². The Morgan fingerprint density at radius 3 is 2.76 bits per heavy atom. The predicted octanol–water partition coefficient (Wildman–Crippen LogP) is 4.63. The van der Waals surface area contributed by atoms with E-state index in [9.17, 15) is 9.18 Å². The molecule has 1 amide bonds. The van der Waals surface area contributed by atoms with Crippen LogP contribution in [0.3, 0.4) is 0 Å². The van der Waals surface area contributed by atoms with Crippen molar-refractivity contribution in [3.05, 3.63) is 34.1 Å². The van der Waals surface area contributed by atoms with Crippen LogP contribution in [0.25, 0.3) is 0 Å². The number of fused-ring (bicyclic) bond motifs is 2. The third-order valence-electron chi connectivity index (χ3n) is 4.86. The van der Waals surface area contributed by atoms with Crippen molar-refractivity contribution in [2.45, 2.75) is 46.1 Å². The van der Waals surface area contributed by atoms with E-state index in [1.165, 1.54) is 6.07 Å². The zero-order chi connectivity index (χ0) is 15.4. The van der Waals surface area contributed by atoms with Gasteiger partial charge < -0.3 is 4.90 Å². The third kappa shape index (κ3) is 2.63. The average Bonchev–Trinajstić information content (AvgIpc) is 2.61. The maximum Gasteiger partial charge on any atom is 0.255 e. The fourth-order valence-electron chi connectivity index (χ4n) is 4.52. The van der Waals surface area contributed by atoms with E-state index in [1.807, 2.05) is 4.90 Å². The summed E-state index contributed by atoms with van der Waals surface area (Å²) in [4.78, 5) is 14.8. The second-order valence-electron chi connectivity index (χ2n) is 7.75. The van der Waals surface area contributed by atoms with Crippen LogP contribution in [0.4, 0.5) is 4.39 Å². The zero-order valence-corrected chi connectivity index (χ0v) is 14.3. The fraction of sp³-hybridized carbons (Fsp3) is 0.588.